The second kappa shape index (κ2) is 15.9. The number of benzene rings is 2. The van der Waals surface area contributed by atoms with Crippen molar-refractivity contribution in [3.05, 3.63) is 106 Å². The molecule has 0 radical (unpaired) electrons. The molecule has 0 aliphatic carbocycles. The first-order valence-corrected chi connectivity index (χ1v) is 17.6. The lowest BCUT2D eigenvalue weighted by molar-refractivity contribution is -0.137. The number of aryl methyl sites for hydroxylation is 2. The van der Waals surface area contributed by atoms with Crippen LogP contribution in [-0.2, 0) is 34.0 Å². The van der Waals surface area contributed by atoms with Gasteiger partial charge in [-0.1, -0.05) is 6.07 Å². The highest BCUT2D eigenvalue weighted by Crippen LogP contribution is 2.28. The van der Waals surface area contributed by atoms with E-state index in [0.29, 0.717) is 30.8 Å². The molecular formula is C39H44FN7O6. The third-order valence-corrected chi connectivity index (χ3v) is 9.76. The van der Waals surface area contributed by atoms with Crippen LogP contribution in [-0.4, -0.2) is 99.0 Å². The zero-order valence-corrected chi connectivity index (χ0v) is 30.6. The van der Waals surface area contributed by atoms with E-state index in [2.05, 4.69) is 15.4 Å². The number of hydrogen-bond acceptors (Lipinski definition) is 8. The summed E-state index contributed by atoms with van der Waals surface area (Å²) < 4.78 is 29.1. The molecule has 53 heavy (non-hydrogen) atoms. The molecule has 1 fully saturated rings. The predicted octanol–water partition coefficient (Wildman–Crippen LogP) is 4.19. The van der Waals surface area contributed by atoms with Crippen molar-refractivity contribution in [2.24, 2.45) is 0 Å². The van der Waals surface area contributed by atoms with Gasteiger partial charge in [0.05, 0.1) is 43.2 Å². The van der Waals surface area contributed by atoms with Crippen LogP contribution in [0.2, 0.25) is 0 Å². The summed E-state index contributed by atoms with van der Waals surface area (Å²) >= 11 is 0. The number of ether oxygens (including phenoxy) is 2. The lowest BCUT2D eigenvalue weighted by atomic mass is 10.0. The monoisotopic (exact) mass is 725 g/mol. The summed E-state index contributed by atoms with van der Waals surface area (Å²) in [6, 6.07) is 13.4. The van der Waals surface area contributed by atoms with Gasteiger partial charge in [-0.3, -0.25) is 28.8 Å². The van der Waals surface area contributed by atoms with Crippen LogP contribution in [0.15, 0.2) is 60.8 Å². The fraction of sp³-hybridized carbons (Fsp3) is 0.385. The Bertz CT molecular complexity index is 2020. The van der Waals surface area contributed by atoms with Crippen molar-refractivity contribution in [3.63, 3.8) is 0 Å². The van der Waals surface area contributed by atoms with E-state index in [9.17, 15) is 23.6 Å². The van der Waals surface area contributed by atoms with E-state index in [1.807, 2.05) is 31.5 Å². The quantitative estimate of drug-likeness (QED) is 0.313. The van der Waals surface area contributed by atoms with E-state index in [4.69, 9.17) is 9.47 Å². The number of aromatic nitrogens is 3. The van der Waals surface area contributed by atoms with Crippen LogP contribution in [0.3, 0.4) is 0 Å². The molecule has 2 aliphatic heterocycles. The molecule has 4 amide bonds. The number of amides is 4. The first-order chi connectivity index (χ1) is 25.3. The Morgan fingerprint density at radius 1 is 1.06 bits per heavy atom. The number of nitrogens with zero attached hydrogens (tertiary/aromatic N) is 6. The Morgan fingerprint density at radius 2 is 1.85 bits per heavy atom. The van der Waals surface area contributed by atoms with Crippen molar-refractivity contribution < 1.29 is 33.0 Å². The summed E-state index contributed by atoms with van der Waals surface area (Å²) in [5.41, 5.74) is 4.45. The smallest absolute Gasteiger partial charge is 0.254 e. The zero-order valence-electron chi connectivity index (χ0n) is 30.6. The highest BCUT2D eigenvalue weighted by atomic mass is 19.1. The number of hydrogen-bond donors (Lipinski definition) is 1. The molecule has 0 spiro atoms. The van der Waals surface area contributed by atoms with Crippen molar-refractivity contribution in [2.75, 3.05) is 33.7 Å². The third kappa shape index (κ3) is 8.88. The van der Waals surface area contributed by atoms with E-state index in [1.165, 1.54) is 47.2 Å². The molecule has 278 valence electrons. The summed E-state index contributed by atoms with van der Waals surface area (Å²) in [6.07, 6.45) is 1.81. The highest BCUT2D eigenvalue weighted by Gasteiger charge is 2.34. The molecule has 2 aliphatic rings. The Morgan fingerprint density at radius 3 is 2.58 bits per heavy atom. The maximum atomic E-state index is 14.9. The molecule has 6 rings (SSSR count). The molecule has 0 unspecified atom stereocenters. The highest BCUT2D eigenvalue weighted by molar-refractivity contribution is 6.01. The summed E-state index contributed by atoms with van der Waals surface area (Å²) in [7, 11) is 3.10. The normalized spacial score (nSPS) is 17.8. The van der Waals surface area contributed by atoms with Gasteiger partial charge >= 0.3 is 0 Å². The van der Waals surface area contributed by atoms with Gasteiger partial charge in [-0.2, -0.15) is 5.10 Å². The summed E-state index contributed by atoms with van der Waals surface area (Å²) in [6.45, 7) is 6.88. The van der Waals surface area contributed by atoms with Gasteiger partial charge in [0.25, 0.3) is 11.8 Å². The molecule has 2 aromatic carbocycles. The van der Waals surface area contributed by atoms with E-state index < -0.39 is 35.7 Å². The third-order valence-electron chi connectivity index (χ3n) is 9.76. The summed E-state index contributed by atoms with van der Waals surface area (Å²) in [5.74, 6) is -1.74. The molecule has 0 saturated carbocycles. The van der Waals surface area contributed by atoms with Crippen molar-refractivity contribution >= 4 is 23.6 Å². The maximum Gasteiger partial charge on any atom is 0.254 e. The number of likely N-dealkylation sites (tertiary alicyclic amines) is 1. The Labute approximate surface area is 307 Å². The van der Waals surface area contributed by atoms with Crippen molar-refractivity contribution in [2.45, 2.75) is 65.5 Å². The average Bonchev–Trinajstić information content (AvgIpc) is 3.38. The SMILES string of the molecule is Cc1nn(CCC(=O)N2CC[C@@H]3OCc4cc(F)cc(c4)Oc4cc(cc(C(=O)N(C)Cc5ccccn5)c4)C(=O)N(C)CC(=O)N[C@@H]3C2)c(C)c1C. The molecule has 14 heteroatoms. The molecule has 4 aromatic rings. The minimum atomic E-state index is -0.598. The minimum Gasteiger partial charge on any atom is -0.457 e. The van der Waals surface area contributed by atoms with E-state index in [-0.39, 0.29) is 61.2 Å². The molecule has 2 aromatic heterocycles. The molecule has 13 nitrogen and oxygen atoms in total. The van der Waals surface area contributed by atoms with Gasteiger partial charge < -0.3 is 29.5 Å². The molecular weight excluding hydrogens is 681 g/mol. The molecule has 4 heterocycles. The number of nitrogens with one attached hydrogen (secondary N) is 1. The van der Waals surface area contributed by atoms with E-state index >= 15 is 0 Å². The van der Waals surface area contributed by atoms with Crippen LogP contribution in [0.4, 0.5) is 4.39 Å². The largest absolute Gasteiger partial charge is 0.457 e. The second-order valence-corrected chi connectivity index (χ2v) is 13.7. The Hall–Kier alpha value is -5.63. The van der Waals surface area contributed by atoms with Crippen molar-refractivity contribution in [3.8, 4) is 11.5 Å². The number of halogens is 1. The predicted molar refractivity (Wildman–Crippen MR) is 193 cm³/mol. The lowest BCUT2D eigenvalue weighted by Crippen LogP contribution is -2.58. The molecule has 1 saturated heterocycles. The number of carbonyl (C=O) groups excluding carboxylic acids is 4. The Balaban J connectivity index is 1.24. The van der Waals surface area contributed by atoms with Crippen molar-refractivity contribution in [1.82, 2.24) is 34.8 Å². The van der Waals surface area contributed by atoms with Gasteiger partial charge in [-0.05, 0) is 80.8 Å². The van der Waals surface area contributed by atoms with Crippen LogP contribution in [0, 0.1) is 26.6 Å². The Kier molecular flexibility index (Phi) is 11.2. The first-order valence-electron chi connectivity index (χ1n) is 17.6. The number of rotatable bonds is 6. The summed E-state index contributed by atoms with van der Waals surface area (Å²) in [5, 5.41) is 7.53. The van der Waals surface area contributed by atoms with Gasteiger partial charge in [0, 0.05) is 69.2 Å². The van der Waals surface area contributed by atoms with Crippen LogP contribution in [0.5, 0.6) is 11.5 Å². The van der Waals surface area contributed by atoms with E-state index in [1.54, 1.807) is 36.3 Å². The minimum absolute atomic E-state index is 0.0108. The van der Waals surface area contributed by atoms with Gasteiger partial charge in [0.2, 0.25) is 11.8 Å². The van der Waals surface area contributed by atoms with Gasteiger partial charge in [-0.25, -0.2) is 4.39 Å². The number of carbonyl (C=O) groups is 4. The van der Waals surface area contributed by atoms with Gasteiger partial charge in [0.1, 0.15) is 17.3 Å². The van der Waals surface area contributed by atoms with E-state index in [0.717, 1.165) is 17.0 Å². The average molecular weight is 726 g/mol. The number of fused-ring (bicyclic) bond motifs is 5. The van der Waals surface area contributed by atoms with Crippen molar-refractivity contribution in [1.29, 1.82) is 0 Å². The lowest BCUT2D eigenvalue weighted by Gasteiger charge is -2.39. The zero-order chi connectivity index (χ0) is 37.8. The van der Waals surface area contributed by atoms with Crippen LogP contribution >= 0.6 is 0 Å². The molecule has 4 bridgehead atoms. The standard InChI is InChI=1S/C39H44FN7O6/c1-24-25(2)43-47(26(24)3)13-10-37(49)46-12-9-35-34(21-46)42-36(48)22-45(5)39(51)29-16-28(38(50)44(4)20-31-8-6-7-11-41-31)17-33(18-29)53-32-15-27(23-52-35)14-30(40)19-32/h6-8,11,14-19,34-35H,9-10,12-13,20-23H2,1-5H3,(H,42,48)/t34-,35+/m1/s1. The summed E-state index contributed by atoms with van der Waals surface area (Å²) in [4.78, 5) is 63.0. The van der Waals surface area contributed by atoms with Gasteiger partial charge in [0.15, 0.2) is 0 Å². The van der Waals surface area contributed by atoms with Crippen LogP contribution in [0.1, 0.15) is 61.8 Å². The first kappa shape index (κ1) is 37.1. The topological polar surface area (TPSA) is 139 Å². The second-order valence-electron chi connectivity index (χ2n) is 13.7. The fourth-order valence-electron chi connectivity index (χ4n) is 6.65. The number of piperidine rings is 1. The van der Waals surface area contributed by atoms with Gasteiger partial charge in [-0.15, -0.1) is 0 Å². The number of pyridine rings is 1. The van der Waals surface area contributed by atoms with Crippen LogP contribution in [0.25, 0.3) is 0 Å². The number of likely N-dealkylation sites (N-methyl/N-ethyl adjacent to an activating group) is 1. The maximum absolute atomic E-state index is 14.9. The fourth-order valence-corrected chi connectivity index (χ4v) is 6.65. The van der Waals surface area contributed by atoms with Crippen LogP contribution < -0.4 is 10.1 Å². The molecule has 2 atom stereocenters. The molecule has 1 N–H and O–H groups in total.